The second-order valence-corrected chi connectivity index (χ2v) is 5.65. The SMILES string of the molecule is CCCN(C(=O)Cn1nc(C)cc1C)C1CCNCC1. The highest BCUT2D eigenvalue weighted by atomic mass is 16.2. The fourth-order valence-corrected chi connectivity index (χ4v) is 2.92. The van der Waals surface area contributed by atoms with E-state index in [2.05, 4.69) is 22.2 Å². The predicted molar refractivity (Wildman–Crippen MR) is 79.6 cm³/mol. The first kappa shape index (κ1) is 15.0. The van der Waals surface area contributed by atoms with Gasteiger partial charge in [0.2, 0.25) is 5.91 Å². The molecule has 1 aliphatic rings. The first-order valence-corrected chi connectivity index (χ1v) is 7.63. The zero-order valence-electron chi connectivity index (χ0n) is 12.9. The monoisotopic (exact) mass is 278 g/mol. The lowest BCUT2D eigenvalue weighted by atomic mass is 10.0. The summed E-state index contributed by atoms with van der Waals surface area (Å²) in [5, 5.41) is 7.75. The fraction of sp³-hybridized carbons (Fsp3) is 0.733. The molecular formula is C15H26N4O. The summed E-state index contributed by atoms with van der Waals surface area (Å²) >= 11 is 0. The zero-order chi connectivity index (χ0) is 14.5. The van der Waals surface area contributed by atoms with Crippen molar-refractivity contribution in [1.29, 1.82) is 0 Å². The largest absolute Gasteiger partial charge is 0.338 e. The van der Waals surface area contributed by atoms with Crippen LogP contribution in [0.15, 0.2) is 6.07 Å². The molecule has 1 fully saturated rings. The van der Waals surface area contributed by atoms with E-state index in [1.54, 1.807) is 0 Å². The molecule has 0 saturated carbocycles. The van der Waals surface area contributed by atoms with Crippen molar-refractivity contribution in [3.05, 3.63) is 17.5 Å². The first-order chi connectivity index (χ1) is 9.61. The van der Waals surface area contributed by atoms with Crippen LogP contribution in [-0.2, 0) is 11.3 Å². The van der Waals surface area contributed by atoms with Crippen LogP contribution in [0.25, 0.3) is 0 Å². The summed E-state index contributed by atoms with van der Waals surface area (Å²) in [6, 6.07) is 2.41. The minimum absolute atomic E-state index is 0.199. The van der Waals surface area contributed by atoms with Crippen molar-refractivity contribution in [2.75, 3.05) is 19.6 Å². The normalized spacial score (nSPS) is 16.4. The molecule has 1 aromatic rings. The van der Waals surface area contributed by atoms with E-state index in [0.29, 0.717) is 12.6 Å². The quantitative estimate of drug-likeness (QED) is 0.888. The van der Waals surface area contributed by atoms with Crippen LogP contribution in [0.4, 0.5) is 0 Å². The molecule has 1 N–H and O–H groups in total. The summed E-state index contributed by atoms with van der Waals surface area (Å²) in [6.45, 7) is 9.33. The third-order valence-corrected chi connectivity index (χ3v) is 3.92. The number of hydrogen-bond donors (Lipinski definition) is 1. The lowest BCUT2D eigenvalue weighted by Gasteiger charge is -2.34. The molecule has 5 nitrogen and oxygen atoms in total. The minimum Gasteiger partial charge on any atom is -0.338 e. The Hall–Kier alpha value is -1.36. The molecule has 112 valence electrons. The average Bonchev–Trinajstić information content (AvgIpc) is 2.75. The van der Waals surface area contributed by atoms with Crippen LogP contribution < -0.4 is 5.32 Å². The van der Waals surface area contributed by atoms with Gasteiger partial charge in [0.25, 0.3) is 0 Å². The van der Waals surface area contributed by atoms with E-state index in [-0.39, 0.29) is 5.91 Å². The Bertz CT molecular complexity index is 449. The molecule has 2 heterocycles. The summed E-state index contributed by atoms with van der Waals surface area (Å²) in [5.74, 6) is 0.199. The highest BCUT2D eigenvalue weighted by Gasteiger charge is 2.25. The van der Waals surface area contributed by atoms with Crippen molar-refractivity contribution in [2.45, 2.75) is 52.6 Å². The number of hydrogen-bond acceptors (Lipinski definition) is 3. The van der Waals surface area contributed by atoms with E-state index < -0.39 is 0 Å². The Kier molecular flexibility index (Phi) is 5.17. The van der Waals surface area contributed by atoms with Crippen molar-refractivity contribution in [3.63, 3.8) is 0 Å². The Labute approximate surface area is 121 Å². The smallest absolute Gasteiger partial charge is 0.244 e. The highest BCUT2D eigenvalue weighted by molar-refractivity contribution is 5.76. The van der Waals surface area contributed by atoms with Crippen LogP contribution in [0.1, 0.15) is 37.6 Å². The Morgan fingerprint density at radius 2 is 2.15 bits per heavy atom. The molecule has 0 spiro atoms. The molecule has 0 atom stereocenters. The third kappa shape index (κ3) is 3.60. The van der Waals surface area contributed by atoms with Gasteiger partial charge in [-0.25, -0.2) is 0 Å². The molecular weight excluding hydrogens is 252 g/mol. The molecule has 5 heteroatoms. The molecule has 20 heavy (non-hydrogen) atoms. The van der Waals surface area contributed by atoms with E-state index in [0.717, 1.165) is 50.3 Å². The van der Waals surface area contributed by atoms with E-state index in [1.165, 1.54) is 0 Å². The van der Waals surface area contributed by atoms with Gasteiger partial charge in [-0.1, -0.05) is 6.92 Å². The predicted octanol–water partition coefficient (Wildman–Crippen LogP) is 1.49. The zero-order valence-corrected chi connectivity index (χ0v) is 12.9. The maximum atomic E-state index is 12.6. The van der Waals surface area contributed by atoms with Crippen LogP contribution in [0.2, 0.25) is 0 Å². The second-order valence-electron chi connectivity index (χ2n) is 5.65. The number of aryl methyl sites for hydroxylation is 2. The standard InChI is InChI=1S/C15H26N4O/c1-4-9-18(14-5-7-16-8-6-14)15(20)11-19-13(3)10-12(2)17-19/h10,14,16H,4-9,11H2,1-3H3. The van der Waals surface area contributed by atoms with Gasteiger partial charge in [-0.15, -0.1) is 0 Å². The summed E-state index contributed by atoms with van der Waals surface area (Å²) in [6.07, 6.45) is 3.12. The molecule has 0 aliphatic carbocycles. The Morgan fingerprint density at radius 1 is 1.45 bits per heavy atom. The van der Waals surface area contributed by atoms with E-state index in [4.69, 9.17) is 0 Å². The maximum Gasteiger partial charge on any atom is 0.244 e. The van der Waals surface area contributed by atoms with Gasteiger partial charge >= 0.3 is 0 Å². The van der Waals surface area contributed by atoms with Gasteiger partial charge in [-0.05, 0) is 52.3 Å². The average molecular weight is 278 g/mol. The molecule has 1 aromatic heterocycles. The third-order valence-electron chi connectivity index (χ3n) is 3.92. The number of nitrogens with zero attached hydrogens (tertiary/aromatic N) is 3. The summed E-state index contributed by atoms with van der Waals surface area (Å²) < 4.78 is 1.82. The number of carbonyl (C=O) groups is 1. The number of aromatic nitrogens is 2. The van der Waals surface area contributed by atoms with Crippen molar-refractivity contribution in [1.82, 2.24) is 20.0 Å². The molecule has 1 aliphatic heterocycles. The van der Waals surface area contributed by atoms with Crippen LogP contribution in [0.3, 0.4) is 0 Å². The van der Waals surface area contributed by atoms with Crippen LogP contribution in [0, 0.1) is 13.8 Å². The van der Waals surface area contributed by atoms with Gasteiger partial charge < -0.3 is 10.2 Å². The van der Waals surface area contributed by atoms with Gasteiger partial charge in [0.15, 0.2) is 0 Å². The van der Waals surface area contributed by atoms with Crippen molar-refractivity contribution in [2.24, 2.45) is 0 Å². The number of piperidine rings is 1. The molecule has 1 amide bonds. The number of rotatable bonds is 5. The van der Waals surface area contributed by atoms with Gasteiger partial charge in [0.1, 0.15) is 6.54 Å². The van der Waals surface area contributed by atoms with Crippen molar-refractivity contribution >= 4 is 5.91 Å². The maximum absolute atomic E-state index is 12.6. The fourth-order valence-electron chi connectivity index (χ4n) is 2.92. The van der Waals surface area contributed by atoms with Crippen LogP contribution in [-0.4, -0.2) is 46.3 Å². The first-order valence-electron chi connectivity index (χ1n) is 7.63. The van der Waals surface area contributed by atoms with Gasteiger partial charge in [0, 0.05) is 18.3 Å². The van der Waals surface area contributed by atoms with Crippen LogP contribution in [0.5, 0.6) is 0 Å². The molecule has 2 rings (SSSR count). The highest BCUT2D eigenvalue weighted by Crippen LogP contribution is 2.14. The van der Waals surface area contributed by atoms with Crippen molar-refractivity contribution in [3.8, 4) is 0 Å². The number of carbonyl (C=O) groups excluding carboxylic acids is 1. The summed E-state index contributed by atoms with van der Waals surface area (Å²) in [4.78, 5) is 14.7. The van der Waals surface area contributed by atoms with Crippen LogP contribution >= 0.6 is 0 Å². The van der Waals surface area contributed by atoms with E-state index in [9.17, 15) is 4.79 Å². The topological polar surface area (TPSA) is 50.2 Å². The molecule has 0 bridgehead atoms. The summed E-state index contributed by atoms with van der Waals surface area (Å²) in [5.41, 5.74) is 2.02. The van der Waals surface area contributed by atoms with Crippen molar-refractivity contribution < 1.29 is 4.79 Å². The van der Waals surface area contributed by atoms with E-state index in [1.807, 2.05) is 24.6 Å². The number of amides is 1. The lowest BCUT2D eigenvalue weighted by molar-refractivity contribution is -0.135. The Morgan fingerprint density at radius 3 is 2.70 bits per heavy atom. The van der Waals surface area contributed by atoms with Gasteiger partial charge in [-0.3, -0.25) is 9.48 Å². The Balaban J connectivity index is 2.04. The molecule has 0 radical (unpaired) electrons. The van der Waals surface area contributed by atoms with Gasteiger partial charge in [-0.2, -0.15) is 5.10 Å². The summed E-state index contributed by atoms with van der Waals surface area (Å²) in [7, 11) is 0. The van der Waals surface area contributed by atoms with Gasteiger partial charge in [0.05, 0.1) is 5.69 Å². The molecule has 0 unspecified atom stereocenters. The minimum atomic E-state index is 0.199. The second kappa shape index (κ2) is 6.88. The lowest BCUT2D eigenvalue weighted by Crippen LogP contribution is -2.47. The number of nitrogens with one attached hydrogen (secondary N) is 1. The van der Waals surface area contributed by atoms with E-state index >= 15 is 0 Å². The molecule has 1 saturated heterocycles. The molecule has 0 aromatic carbocycles.